The van der Waals surface area contributed by atoms with E-state index in [9.17, 15) is 4.79 Å². The third kappa shape index (κ3) is 4.60. The number of benzene rings is 1. The van der Waals surface area contributed by atoms with Gasteiger partial charge in [-0.1, -0.05) is 18.6 Å². The van der Waals surface area contributed by atoms with Crippen LogP contribution < -0.4 is 10.6 Å². The van der Waals surface area contributed by atoms with Crippen molar-refractivity contribution in [3.05, 3.63) is 51.7 Å². The molecule has 0 saturated heterocycles. The van der Waals surface area contributed by atoms with Crippen molar-refractivity contribution in [2.75, 3.05) is 18.4 Å². The molecule has 0 atom stereocenters. The molecule has 0 aliphatic rings. The molecule has 0 aliphatic heterocycles. The van der Waals surface area contributed by atoms with Crippen LogP contribution in [0, 0.1) is 6.92 Å². The zero-order valence-electron chi connectivity index (χ0n) is 12.6. The highest BCUT2D eigenvalue weighted by Crippen LogP contribution is 2.17. The summed E-state index contributed by atoms with van der Waals surface area (Å²) in [5.41, 5.74) is 4.01. The molecular formula is C17H22N2OS. The van der Waals surface area contributed by atoms with E-state index in [1.807, 2.05) is 25.1 Å². The van der Waals surface area contributed by atoms with Crippen molar-refractivity contribution in [3.63, 3.8) is 0 Å². The van der Waals surface area contributed by atoms with E-state index < -0.39 is 0 Å². The number of amides is 1. The summed E-state index contributed by atoms with van der Waals surface area (Å²) in [7, 11) is 0. The third-order valence-corrected chi connectivity index (χ3v) is 4.00. The Balaban J connectivity index is 1.98. The number of nitrogens with one attached hydrogen (secondary N) is 2. The van der Waals surface area contributed by atoms with Crippen molar-refractivity contribution in [3.8, 4) is 0 Å². The molecule has 0 bridgehead atoms. The highest BCUT2D eigenvalue weighted by Gasteiger charge is 2.11. The van der Waals surface area contributed by atoms with Crippen LogP contribution in [0.1, 0.15) is 34.8 Å². The second-order valence-electron chi connectivity index (χ2n) is 5.11. The van der Waals surface area contributed by atoms with Crippen molar-refractivity contribution in [2.45, 2.75) is 26.7 Å². The fraction of sp³-hybridized carbons (Fsp3) is 0.353. The van der Waals surface area contributed by atoms with Gasteiger partial charge >= 0.3 is 0 Å². The van der Waals surface area contributed by atoms with E-state index in [-0.39, 0.29) is 5.91 Å². The lowest BCUT2D eigenvalue weighted by atomic mass is 10.1. The van der Waals surface area contributed by atoms with Gasteiger partial charge in [0.15, 0.2) is 0 Å². The molecule has 112 valence electrons. The van der Waals surface area contributed by atoms with Crippen LogP contribution in [0.25, 0.3) is 0 Å². The van der Waals surface area contributed by atoms with Gasteiger partial charge in [-0.05, 0) is 54.3 Å². The van der Waals surface area contributed by atoms with Gasteiger partial charge in [0.1, 0.15) is 0 Å². The highest BCUT2D eigenvalue weighted by atomic mass is 32.1. The van der Waals surface area contributed by atoms with Gasteiger partial charge in [-0.2, -0.15) is 11.3 Å². The molecule has 0 saturated carbocycles. The monoisotopic (exact) mass is 302 g/mol. The Morgan fingerprint density at radius 3 is 2.81 bits per heavy atom. The molecule has 0 radical (unpaired) electrons. The van der Waals surface area contributed by atoms with Gasteiger partial charge in [0.25, 0.3) is 5.91 Å². The van der Waals surface area contributed by atoms with E-state index in [2.05, 4.69) is 34.4 Å². The average molecular weight is 302 g/mol. The zero-order chi connectivity index (χ0) is 15.1. The minimum absolute atomic E-state index is 0.00691. The van der Waals surface area contributed by atoms with Gasteiger partial charge in [0.2, 0.25) is 0 Å². The van der Waals surface area contributed by atoms with Gasteiger partial charge in [-0.15, -0.1) is 0 Å². The SMILES string of the molecule is CCCNc1ccc(C)cc1C(=O)NCCc1ccsc1. The largest absolute Gasteiger partial charge is 0.384 e. The summed E-state index contributed by atoms with van der Waals surface area (Å²) in [4.78, 5) is 12.4. The quantitative estimate of drug-likeness (QED) is 0.815. The number of hydrogen-bond donors (Lipinski definition) is 2. The first kappa shape index (κ1) is 15.6. The van der Waals surface area contributed by atoms with E-state index in [1.165, 1.54) is 5.56 Å². The Bertz CT molecular complexity index is 578. The van der Waals surface area contributed by atoms with Crippen LogP contribution >= 0.6 is 11.3 Å². The second-order valence-corrected chi connectivity index (χ2v) is 5.89. The van der Waals surface area contributed by atoms with Crippen molar-refractivity contribution in [2.24, 2.45) is 0 Å². The predicted octanol–water partition coefficient (Wildman–Crippen LogP) is 3.85. The molecule has 1 heterocycles. The molecule has 0 unspecified atom stereocenters. The molecular weight excluding hydrogens is 280 g/mol. The molecule has 0 fully saturated rings. The molecule has 3 nitrogen and oxygen atoms in total. The van der Waals surface area contributed by atoms with Crippen LogP contribution in [-0.4, -0.2) is 19.0 Å². The molecule has 1 amide bonds. The summed E-state index contributed by atoms with van der Waals surface area (Å²) in [5.74, 6) is -0.00691. The topological polar surface area (TPSA) is 41.1 Å². The van der Waals surface area contributed by atoms with Crippen molar-refractivity contribution < 1.29 is 4.79 Å². The number of aryl methyl sites for hydroxylation is 1. The maximum Gasteiger partial charge on any atom is 0.253 e. The molecule has 2 rings (SSSR count). The minimum atomic E-state index is -0.00691. The Hall–Kier alpha value is -1.81. The average Bonchev–Trinajstić information content (AvgIpc) is 2.99. The molecule has 2 N–H and O–H groups in total. The van der Waals surface area contributed by atoms with E-state index in [4.69, 9.17) is 0 Å². The van der Waals surface area contributed by atoms with Crippen LogP contribution in [0.5, 0.6) is 0 Å². The van der Waals surface area contributed by atoms with Crippen LogP contribution in [0.4, 0.5) is 5.69 Å². The highest BCUT2D eigenvalue weighted by molar-refractivity contribution is 7.07. The Labute approximate surface area is 130 Å². The zero-order valence-corrected chi connectivity index (χ0v) is 13.4. The maximum atomic E-state index is 12.4. The Morgan fingerprint density at radius 2 is 2.10 bits per heavy atom. The molecule has 21 heavy (non-hydrogen) atoms. The van der Waals surface area contributed by atoms with Gasteiger partial charge in [-0.3, -0.25) is 4.79 Å². The molecule has 1 aromatic carbocycles. The molecule has 1 aromatic heterocycles. The maximum absolute atomic E-state index is 12.4. The van der Waals surface area contributed by atoms with Crippen LogP contribution in [0.2, 0.25) is 0 Å². The molecule has 2 aromatic rings. The fourth-order valence-corrected chi connectivity index (χ4v) is 2.81. The van der Waals surface area contributed by atoms with Gasteiger partial charge in [0.05, 0.1) is 5.56 Å². The molecule has 0 spiro atoms. The standard InChI is InChI=1S/C17H22N2OS/c1-3-8-18-16-5-4-13(2)11-15(16)17(20)19-9-6-14-7-10-21-12-14/h4-5,7,10-12,18H,3,6,8-9H2,1-2H3,(H,19,20). The first-order valence-corrected chi connectivity index (χ1v) is 8.28. The first-order valence-electron chi connectivity index (χ1n) is 7.34. The van der Waals surface area contributed by atoms with Crippen LogP contribution in [0.15, 0.2) is 35.0 Å². The summed E-state index contributed by atoms with van der Waals surface area (Å²) in [6, 6.07) is 8.05. The Morgan fingerprint density at radius 1 is 1.24 bits per heavy atom. The van der Waals surface area contributed by atoms with Gasteiger partial charge < -0.3 is 10.6 Å². The van der Waals surface area contributed by atoms with Gasteiger partial charge in [-0.25, -0.2) is 0 Å². The lowest BCUT2D eigenvalue weighted by molar-refractivity contribution is 0.0955. The summed E-state index contributed by atoms with van der Waals surface area (Å²) in [5, 5.41) is 10.5. The lowest BCUT2D eigenvalue weighted by Gasteiger charge is -2.12. The fourth-order valence-electron chi connectivity index (χ4n) is 2.11. The predicted molar refractivity (Wildman–Crippen MR) is 90.3 cm³/mol. The molecule has 4 heteroatoms. The van der Waals surface area contributed by atoms with E-state index in [0.29, 0.717) is 6.54 Å². The summed E-state index contributed by atoms with van der Waals surface area (Å²) < 4.78 is 0. The third-order valence-electron chi connectivity index (χ3n) is 3.26. The summed E-state index contributed by atoms with van der Waals surface area (Å²) in [6.45, 7) is 5.66. The molecule has 0 aliphatic carbocycles. The van der Waals surface area contributed by atoms with E-state index in [0.717, 1.165) is 36.2 Å². The smallest absolute Gasteiger partial charge is 0.253 e. The normalized spacial score (nSPS) is 10.4. The van der Waals surface area contributed by atoms with E-state index in [1.54, 1.807) is 11.3 Å². The number of hydrogen-bond acceptors (Lipinski definition) is 3. The number of carbonyl (C=O) groups excluding carboxylic acids is 1. The van der Waals surface area contributed by atoms with Gasteiger partial charge in [0, 0.05) is 18.8 Å². The Kier molecular flexibility index (Phi) is 5.81. The summed E-state index contributed by atoms with van der Waals surface area (Å²) in [6.07, 6.45) is 1.91. The first-order chi connectivity index (χ1) is 10.2. The van der Waals surface area contributed by atoms with Crippen molar-refractivity contribution in [1.82, 2.24) is 5.32 Å². The summed E-state index contributed by atoms with van der Waals surface area (Å²) >= 11 is 1.69. The van der Waals surface area contributed by atoms with Crippen molar-refractivity contribution >= 4 is 22.9 Å². The number of thiophene rings is 1. The lowest BCUT2D eigenvalue weighted by Crippen LogP contribution is -2.26. The van der Waals surface area contributed by atoms with Crippen LogP contribution in [-0.2, 0) is 6.42 Å². The number of carbonyl (C=O) groups is 1. The van der Waals surface area contributed by atoms with E-state index >= 15 is 0 Å². The number of anilines is 1. The number of rotatable bonds is 7. The second kappa shape index (κ2) is 7.84. The minimum Gasteiger partial charge on any atom is -0.384 e. The van der Waals surface area contributed by atoms with Crippen molar-refractivity contribution in [1.29, 1.82) is 0 Å². The van der Waals surface area contributed by atoms with Crippen LogP contribution in [0.3, 0.4) is 0 Å².